The van der Waals surface area contributed by atoms with Gasteiger partial charge >= 0.3 is 24.0 Å². The Kier molecular flexibility index (Phi) is 8.08. The second-order valence-corrected chi connectivity index (χ2v) is 14.2. The van der Waals surface area contributed by atoms with Crippen molar-refractivity contribution in [3.05, 3.63) is 65.2 Å². The SMILES string of the molecule is O=C(O)C1CCC(C(=O)N2CCC(c3ccc(C(F)(C(F)(F)F)C(F)(F)F)cc3)(S(=O)(=O)c3ccc(C4CC4)cc3)C2)CC1. The van der Waals surface area contributed by atoms with Gasteiger partial charge in [-0.3, -0.25) is 9.59 Å². The number of amides is 1. The zero-order valence-corrected chi connectivity index (χ0v) is 24.1. The standard InChI is InChI=1S/C30H30F7NO5S/c31-28(29(32,33)34,30(35,36)37)23-11-9-22(10-12-23)27(44(42,43)24-13-7-19(8-14-24)18-1-2-18)15-16-38(17-27)25(39)20-3-5-21(6-4-20)26(40)41/h7-14,18,20-21H,1-6,15-17H2,(H,40,41). The molecule has 44 heavy (non-hydrogen) atoms. The predicted octanol–water partition coefficient (Wildman–Crippen LogP) is 6.65. The highest BCUT2D eigenvalue weighted by molar-refractivity contribution is 7.92. The van der Waals surface area contributed by atoms with Crippen molar-refractivity contribution in [3.8, 4) is 0 Å². The number of carboxylic acid groups (broad SMARTS) is 1. The average molecular weight is 650 g/mol. The molecule has 1 amide bonds. The van der Waals surface area contributed by atoms with Gasteiger partial charge in [0.2, 0.25) is 5.91 Å². The molecule has 3 fully saturated rings. The topological polar surface area (TPSA) is 91.8 Å². The lowest BCUT2D eigenvalue weighted by molar-refractivity contribution is -0.348. The third-order valence-corrected chi connectivity index (χ3v) is 11.8. The molecule has 2 aromatic carbocycles. The van der Waals surface area contributed by atoms with Crippen molar-refractivity contribution >= 4 is 21.7 Å². The number of carbonyl (C=O) groups excluding carboxylic acids is 1. The third kappa shape index (κ3) is 5.36. The molecule has 0 bridgehead atoms. The number of halogens is 7. The third-order valence-electron chi connectivity index (χ3n) is 9.31. The molecular formula is C30H30F7NO5S. The van der Waals surface area contributed by atoms with Crippen LogP contribution in [-0.4, -0.2) is 55.7 Å². The lowest BCUT2D eigenvalue weighted by Gasteiger charge is -2.33. The van der Waals surface area contributed by atoms with Crippen LogP contribution >= 0.6 is 0 Å². The van der Waals surface area contributed by atoms with Crippen LogP contribution in [0.25, 0.3) is 0 Å². The normalized spacial score (nSPS) is 25.2. The second kappa shape index (κ2) is 11.0. The minimum Gasteiger partial charge on any atom is -0.481 e. The molecule has 0 aromatic heterocycles. The number of likely N-dealkylation sites (tertiary alicyclic amines) is 1. The monoisotopic (exact) mass is 649 g/mol. The first kappa shape index (κ1) is 32.2. The van der Waals surface area contributed by atoms with Gasteiger partial charge in [0, 0.05) is 24.6 Å². The van der Waals surface area contributed by atoms with Crippen molar-refractivity contribution in [2.24, 2.45) is 11.8 Å². The molecule has 0 spiro atoms. The Morgan fingerprint density at radius 2 is 1.30 bits per heavy atom. The number of rotatable bonds is 7. The van der Waals surface area contributed by atoms with E-state index in [1.54, 1.807) is 12.1 Å². The number of nitrogens with zero attached hydrogens (tertiary/aromatic N) is 1. The van der Waals surface area contributed by atoms with Crippen LogP contribution < -0.4 is 0 Å². The van der Waals surface area contributed by atoms with Crippen molar-refractivity contribution in [1.29, 1.82) is 0 Å². The van der Waals surface area contributed by atoms with E-state index in [9.17, 15) is 53.8 Å². The molecule has 1 atom stereocenters. The van der Waals surface area contributed by atoms with Gasteiger partial charge in [0.15, 0.2) is 9.84 Å². The summed E-state index contributed by atoms with van der Waals surface area (Å²) in [6.07, 6.45) is -9.89. The van der Waals surface area contributed by atoms with Crippen molar-refractivity contribution in [2.75, 3.05) is 13.1 Å². The minimum absolute atomic E-state index is 0.0724. The molecule has 14 heteroatoms. The summed E-state index contributed by atoms with van der Waals surface area (Å²) < 4.78 is 122. The van der Waals surface area contributed by atoms with Gasteiger partial charge in [-0.25, -0.2) is 12.8 Å². The number of alkyl halides is 7. The summed E-state index contributed by atoms with van der Waals surface area (Å²) in [5.41, 5.74) is -6.68. The fourth-order valence-electron chi connectivity index (χ4n) is 6.48. The lowest BCUT2D eigenvalue weighted by atomic mass is 9.81. The van der Waals surface area contributed by atoms with Crippen molar-refractivity contribution in [2.45, 2.75) is 78.5 Å². The molecular weight excluding hydrogens is 619 g/mol. The maximum absolute atomic E-state index is 14.7. The molecule has 0 radical (unpaired) electrons. The molecule has 1 heterocycles. The quantitative estimate of drug-likeness (QED) is 0.340. The Balaban J connectivity index is 1.52. The molecule has 240 valence electrons. The molecule has 1 saturated heterocycles. The number of sulfone groups is 1. The molecule has 2 aliphatic carbocycles. The molecule has 3 aliphatic rings. The molecule has 1 N–H and O–H groups in total. The average Bonchev–Trinajstić information content (AvgIpc) is 3.72. The van der Waals surface area contributed by atoms with Gasteiger partial charge in [-0.05, 0) is 74.1 Å². The van der Waals surface area contributed by atoms with Crippen molar-refractivity contribution < 1.29 is 53.8 Å². The zero-order chi connectivity index (χ0) is 32.3. The Labute approximate surface area is 249 Å². The van der Waals surface area contributed by atoms with E-state index in [0.717, 1.165) is 30.5 Å². The van der Waals surface area contributed by atoms with Gasteiger partial charge in [0.05, 0.1) is 10.8 Å². The smallest absolute Gasteiger partial charge is 0.435 e. The second-order valence-electron chi connectivity index (χ2n) is 12.0. The van der Waals surface area contributed by atoms with Crippen LogP contribution in [0.4, 0.5) is 30.7 Å². The lowest BCUT2D eigenvalue weighted by Crippen LogP contribution is -2.50. The van der Waals surface area contributed by atoms with E-state index in [2.05, 4.69) is 0 Å². The Morgan fingerprint density at radius 3 is 1.77 bits per heavy atom. The summed E-state index contributed by atoms with van der Waals surface area (Å²) in [4.78, 5) is 26.0. The summed E-state index contributed by atoms with van der Waals surface area (Å²) in [7, 11) is -4.41. The number of hydrogen-bond donors (Lipinski definition) is 1. The maximum atomic E-state index is 14.7. The van der Waals surface area contributed by atoms with Gasteiger partial charge in [0.25, 0.3) is 0 Å². The zero-order valence-electron chi connectivity index (χ0n) is 23.3. The highest BCUT2D eigenvalue weighted by atomic mass is 32.2. The Hall–Kier alpha value is -3.16. The summed E-state index contributed by atoms with van der Waals surface area (Å²) in [5.74, 6) is -2.21. The number of hydrogen-bond acceptors (Lipinski definition) is 4. The number of carboxylic acids is 1. The molecule has 1 unspecified atom stereocenters. The largest absolute Gasteiger partial charge is 0.481 e. The molecule has 2 aromatic rings. The fraction of sp³-hybridized carbons (Fsp3) is 0.533. The first-order chi connectivity index (χ1) is 20.4. The minimum atomic E-state index is -6.34. The van der Waals surface area contributed by atoms with Crippen LogP contribution in [0, 0.1) is 11.8 Å². The van der Waals surface area contributed by atoms with Gasteiger partial charge in [0.1, 0.15) is 4.75 Å². The van der Waals surface area contributed by atoms with Gasteiger partial charge in [-0.2, -0.15) is 26.3 Å². The molecule has 1 aliphatic heterocycles. The van der Waals surface area contributed by atoms with Crippen LogP contribution in [0.1, 0.15) is 67.6 Å². The van der Waals surface area contributed by atoms with Crippen LogP contribution in [0.2, 0.25) is 0 Å². The van der Waals surface area contributed by atoms with E-state index in [0.29, 0.717) is 18.1 Å². The van der Waals surface area contributed by atoms with Crippen LogP contribution in [0.3, 0.4) is 0 Å². The first-order valence-electron chi connectivity index (χ1n) is 14.2. The fourth-order valence-corrected chi connectivity index (χ4v) is 8.56. The molecule has 6 nitrogen and oxygen atoms in total. The van der Waals surface area contributed by atoms with E-state index in [1.807, 2.05) is 0 Å². The number of benzene rings is 2. The number of aliphatic carboxylic acids is 1. The molecule has 5 rings (SSSR count). The van der Waals surface area contributed by atoms with Crippen LogP contribution in [0.15, 0.2) is 53.4 Å². The van der Waals surface area contributed by atoms with E-state index < -0.39 is 68.4 Å². The summed E-state index contributed by atoms with van der Waals surface area (Å²) in [5, 5.41) is 9.27. The summed E-state index contributed by atoms with van der Waals surface area (Å²) in [6.45, 7) is -0.507. The van der Waals surface area contributed by atoms with E-state index >= 15 is 0 Å². The van der Waals surface area contributed by atoms with Gasteiger partial charge in [-0.1, -0.05) is 36.4 Å². The highest BCUT2D eigenvalue weighted by Crippen LogP contribution is 2.54. The first-order valence-corrected chi connectivity index (χ1v) is 15.7. The summed E-state index contributed by atoms with van der Waals surface area (Å²) in [6, 6.07) is 8.21. The molecule has 2 saturated carbocycles. The van der Waals surface area contributed by atoms with E-state index in [-0.39, 0.29) is 49.1 Å². The predicted molar refractivity (Wildman–Crippen MR) is 143 cm³/mol. The maximum Gasteiger partial charge on any atom is 0.435 e. The van der Waals surface area contributed by atoms with E-state index in [4.69, 9.17) is 0 Å². The van der Waals surface area contributed by atoms with Crippen LogP contribution in [0.5, 0.6) is 0 Å². The highest BCUT2D eigenvalue weighted by Gasteiger charge is 2.73. The van der Waals surface area contributed by atoms with E-state index in [1.165, 1.54) is 17.0 Å². The Morgan fingerprint density at radius 1 is 0.773 bits per heavy atom. The van der Waals surface area contributed by atoms with Crippen molar-refractivity contribution in [1.82, 2.24) is 4.90 Å². The van der Waals surface area contributed by atoms with Crippen molar-refractivity contribution in [3.63, 3.8) is 0 Å². The van der Waals surface area contributed by atoms with Gasteiger partial charge < -0.3 is 10.0 Å². The van der Waals surface area contributed by atoms with Gasteiger partial charge in [-0.15, -0.1) is 0 Å². The van der Waals surface area contributed by atoms with Crippen LogP contribution in [-0.2, 0) is 29.8 Å². The Bertz CT molecular complexity index is 1500. The summed E-state index contributed by atoms with van der Waals surface area (Å²) >= 11 is 0. The number of carbonyl (C=O) groups is 2.